The first-order valence-corrected chi connectivity index (χ1v) is 6.92. The van der Waals surface area contributed by atoms with Gasteiger partial charge in [-0.2, -0.15) is 0 Å². The van der Waals surface area contributed by atoms with Gasteiger partial charge >= 0.3 is 0 Å². The second-order valence-electron chi connectivity index (χ2n) is 5.06. The molecule has 0 aliphatic carbocycles. The van der Waals surface area contributed by atoms with E-state index in [4.69, 9.17) is 0 Å². The molecule has 2 atom stereocenters. The van der Waals surface area contributed by atoms with Gasteiger partial charge in [0.2, 0.25) is 0 Å². The molecule has 2 nitrogen and oxygen atoms in total. The molecule has 0 saturated carbocycles. The summed E-state index contributed by atoms with van der Waals surface area (Å²) in [5.74, 6) is -0.107. The van der Waals surface area contributed by atoms with Crippen molar-refractivity contribution in [2.24, 2.45) is 0 Å². The zero-order valence-corrected chi connectivity index (χ0v) is 11.3. The summed E-state index contributed by atoms with van der Waals surface area (Å²) in [7, 11) is 1.91. The van der Waals surface area contributed by atoms with Gasteiger partial charge in [0, 0.05) is 24.2 Å². The van der Waals surface area contributed by atoms with E-state index >= 15 is 0 Å². The number of rotatable bonds is 5. The summed E-state index contributed by atoms with van der Waals surface area (Å²) in [6.07, 6.45) is 3.74. The number of likely N-dealkylation sites (N-methyl/N-ethyl adjacent to an activating group) is 1. The first-order valence-electron chi connectivity index (χ1n) is 6.92. The van der Waals surface area contributed by atoms with Gasteiger partial charge in [-0.25, -0.2) is 4.39 Å². The summed E-state index contributed by atoms with van der Waals surface area (Å²) in [6.45, 7) is 4.28. The lowest BCUT2D eigenvalue weighted by molar-refractivity contribution is 0.222. The van der Waals surface area contributed by atoms with Crippen LogP contribution in [0.25, 0.3) is 0 Å². The zero-order valence-electron chi connectivity index (χ0n) is 11.3. The molecular formula is C15H23FN2. The molecule has 0 radical (unpaired) electrons. The Morgan fingerprint density at radius 3 is 2.89 bits per heavy atom. The zero-order chi connectivity index (χ0) is 13.0. The maximum Gasteiger partial charge on any atom is 0.128 e. The van der Waals surface area contributed by atoms with Gasteiger partial charge in [0.15, 0.2) is 0 Å². The van der Waals surface area contributed by atoms with Crippen LogP contribution in [0.4, 0.5) is 4.39 Å². The topological polar surface area (TPSA) is 15.3 Å². The van der Waals surface area contributed by atoms with Crippen molar-refractivity contribution in [3.8, 4) is 0 Å². The highest BCUT2D eigenvalue weighted by Gasteiger charge is 2.26. The quantitative estimate of drug-likeness (QED) is 0.864. The van der Waals surface area contributed by atoms with E-state index in [1.54, 1.807) is 12.1 Å². The van der Waals surface area contributed by atoms with Crippen LogP contribution in [0.2, 0.25) is 0 Å². The third kappa shape index (κ3) is 2.90. The molecule has 100 valence electrons. The van der Waals surface area contributed by atoms with Crippen molar-refractivity contribution < 1.29 is 4.39 Å². The second kappa shape index (κ2) is 6.30. The van der Waals surface area contributed by atoms with Crippen LogP contribution in [0, 0.1) is 5.82 Å². The Morgan fingerprint density at radius 1 is 1.44 bits per heavy atom. The standard InChI is InChI=1S/C15H23FN2/c1-3-12-7-6-10-18(12)11-15(17-2)13-8-4-5-9-14(13)16/h4-5,8-9,12,15,17H,3,6-7,10-11H2,1-2H3. The fourth-order valence-corrected chi connectivity index (χ4v) is 2.94. The first-order chi connectivity index (χ1) is 8.76. The molecule has 1 heterocycles. The minimum atomic E-state index is -0.107. The number of benzene rings is 1. The molecule has 18 heavy (non-hydrogen) atoms. The molecule has 1 saturated heterocycles. The Hall–Kier alpha value is -0.930. The number of halogens is 1. The van der Waals surface area contributed by atoms with Gasteiger partial charge in [-0.3, -0.25) is 4.90 Å². The van der Waals surface area contributed by atoms with Gasteiger partial charge in [-0.15, -0.1) is 0 Å². The van der Waals surface area contributed by atoms with Crippen LogP contribution in [0.3, 0.4) is 0 Å². The Kier molecular flexibility index (Phi) is 4.72. The summed E-state index contributed by atoms with van der Waals surface area (Å²) < 4.78 is 13.8. The van der Waals surface area contributed by atoms with E-state index in [1.807, 2.05) is 19.2 Å². The molecule has 1 fully saturated rings. The predicted octanol–water partition coefficient (Wildman–Crippen LogP) is 2.96. The van der Waals surface area contributed by atoms with Crippen LogP contribution in [-0.4, -0.2) is 31.1 Å². The summed E-state index contributed by atoms with van der Waals surface area (Å²) in [6, 6.07) is 7.83. The normalized spacial score (nSPS) is 22.3. The Bertz CT molecular complexity index is 381. The lowest BCUT2D eigenvalue weighted by atomic mass is 10.0. The lowest BCUT2D eigenvalue weighted by Crippen LogP contribution is -2.37. The molecule has 1 aromatic rings. The van der Waals surface area contributed by atoms with Crippen LogP contribution < -0.4 is 5.32 Å². The van der Waals surface area contributed by atoms with Crippen molar-refractivity contribution in [3.63, 3.8) is 0 Å². The Labute approximate surface area is 109 Å². The average Bonchev–Trinajstić information content (AvgIpc) is 2.84. The van der Waals surface area contributed by atoms with E-state index in [0.29, 0.717) is 6.04 Å². The summed E-state index contributed by atoms with van der Waals surface area (Å²) in [5, 5.41) is 3.25. The van der Waals surface area contributed by atoms with Gasteiger partial charge in [0.25, 0.3) is 0 Å². The number of likely N-dealkylation sites (tertiary alicyclic amines) is 1. The van der Waals surface area contributed by atoms with Crippen molar-refractivity contribution in [1.29, 1.82) is 0 Å². The van der Waals surface area contributed by atoms with Crippen LogP contribution in [0.1, 0.15) is 37.8 Å². The molecule has 1 aromatic carbocycles. The molecule has 2 rings (SSSR count). The molecule has 2 unspecified atom stereocenters. The molecular weight excluding hydrogens is 227 g/mol. The summed E-state index contributed by atoms with van der Waals surface area (Å²) in [4.78, 5) is 2.49. The summed E-state index contributed by atoms with van der Waals surface area (Å²) in [5.41, 5.74) is 0.779. The van der Waals surface area contributed by atoms with Crippen molar-refractivity contribution >= 4 is 0 Å². The molecule has 1 aliphatic rings. The molecule has 1 aliphatic heterocycles. The Balaban J connectivity index is 2.08. The fraction of sp³-hybridized carbons (Fsp3) is 0.600. The number of nitrogens with one attached hydrogen (secondary N) is 1. The molecule has 0 spiro atoms. The number of hydrogen-bond donors (Lipinski definition) is 1. The SMILES string of the molecule is CCC1CCCN1CC(NC)c1ccccc1F. The van der Waals surface area contributed by atoms with Gasteiger partial charge in [0.05, 0.1) is 0 Å². The number of nitrogens with zero attached hydrogens (tertiary/aromatic N) is 1. The van der Waals surface area contributed by atoms with Gasteiger partial charge < -0.3 is 5.32 Å². The average molecular weight is 250 g/mol. The van der Waals surface area contributed by atoms with E-state index in [-0.39, 0.29) is 11.9 Å². The summed E-state index contributed by atoms with van der Waals surface area (Å²) >= 11 is 0. The second-order valence-corrected chi connectivity index (χ2v) is 5.06. The van der Waals surface area contributed by atoms with Crippen LogP contribution in [0.15, 0.2) is 24.3 Å². The fourth-order valence-electron chi connectivity index (χ4n) is 2.94. The molecule has 0 aromatic heterocycles. The van der Waals surface area contributed by atoms with E-state index in [9.17, 15) is 4.39 Å². The van der Waals surface area contributed by atoms with Crippen LogP contribution >= 0.6 is 0 Å². The Morgan fingerprint density at radius 2 is 2.22 bits per heavy atom. The highest BCUT2D eigenvalue weighted by atomic mass is 19.1. The van der Waals surface area contributed by atoms with E-state index in [1.165, 1.54) is 19.3 Å². The maximum absolute atomic E-state index is 13.8. The molecule has 0 bridgehead atoms. The lowest BCUT2D eigenvalue weighted by Gasteiger charge is -2.28. The van der Waals surface area contributed by atoms with E-state index in [0.717, 1.165) is 18.7 Å². The maximum atomic E-state index is 13.8. The first kappa shape index (κ1) is 13.5. The van der Waals surface area contributed by atoms with Gasteiger partial charge in [0.1, 0.15) is 5.82 Å². The van der Waals surface area contributed by atoms with Crippen molar-refractivity contribution in [1.82, 2.24) is 10.2 Å². The third-order valence-corrected chi connectivity index (χ3v) is 4.02. The molecule has 1 N–H and O–H groups in total. The van der Waals surface area contributed by atoms with Crippen molar-refractivity contribution in [2.45, 2.75) is 38.3 Å². The number of hydrogen-bond acceptors (Lipinski definition) is 2. The van der Waals surface area contributed by atoms with Crippen LogP contribution in [-0.2, 0) is 0 Å². The smallest absolute Gasteiger partial charge is 0.128 e. The highest BCUT2D eigenvalue weighted by molar-refractivity contribution is 5.21. The van der Waals surface area contributed by atoms with Gasteiger partial charge in [-0.05, 0) is 38.9 Å². The predicted molar refractivity (Wildman–Crippen MR) is 73.1 cm³/mol. The van der Waals surface area contributed by atoms with Crippen molar-refractivity contribution in [3.05, 3.63) is 35.6 Å². The largest absolute Gasteiger partial charge is 0.312 e. The van der Waals surface area contributed by atoms with Crippen LogP contribution in [0.5, 0.6) is 0 Å². The van der Waals surface area contributed by atoms with E-state index < -0.39 is 0 Å². The van der Waals surface area contributed by atoms with Gasteiger partial charge in [-0.1, -0.05) is 25.1 Å². The molecule has 3 heteroatoms. The van der Waals surface area contributed by atoms with E-state index in [2.05, 4.69) is 17.1 Å². The van der Waals surface area contributed by atoms with Crippen molar-refractivity contribution in [2.75, 3.05) is 20.1 Å². The monoisotopic (exact) mass is 250 g/mol. The highest BCUT2D eigenvalue weighted by Crippen LogP contribution is 2.24. The molecule has 0 amide bonds. The third-order valence-electron chi connectivity index (χ3n) is 4.02. The minimum absolute atomic E-state index is 0.0818. The minimum Gasteiger partial charge on any atom is -0.312 e.